The molecule has 3 unspecified atom stereocenters. The summed E-state index contributed by atoms with van der Waals surface area (Å²) in [6.07, 6.45) is 6.10. The summed E-state index contributed by atoms with van der Waals surface area (Å²) < 4.78 is 4.75. The van der Waals surface area contributed by atoms with Crippen molar-refractivity contribution >= 4 is 11.7 Å². The lowest BCUT2D eigenvalue weighted by molar-refractivity contribution is -0.139. The standard InChI is InChI=1S/C22H23NO2/c1-14-6-11-20-19(12-14)17-4-3-5-18(17)22(23-20)16-9-7-15(8-10-16)13-21(24)25-2/h3-4,6-12,17-18,22-23H,5,13H2,1-2H3. The second-order valence-electron chi connectivity index (χ2n) is 7.06. The first-order valence-corrected chi connectivity index (χ1v) is 8.85. The van der Waals surface area contributed by atoms with Crippen molar-refractivity contribution in [2.24, 2.45) is 5.92 Å². The Hall–Kier alpha value is -2.55. The molecule has 2 aromatic carbocycles. The third-order valence-electron chi connectivity index (χ3n) is 5.43. The highest BCUT2D eigenvalue weighted by Crippen LogP contribution is 2.49. The Morgan fingerprint density at radius 3 is 2.76 bits per heavy atom. The summed E-state index contributed by atoms with van der Waals surface area (Å²) in [7, 11) is 1.43. The molecule has 3 nitrogen and oxygen atoms in total. The maximum atomic E-state index is 11.4. The smallest absolute Gasteiger partial charge is 0.309 e. The van der Waals surface area contributed by atoms with Gasteiger partial charge in [0.2, 0.25) is 0 Å². The first-order chi connectivity index (χ1) is 12.2. The van der Waals surface area contributed by atoms with Crippen LogP contribution in [0.25, 0.3) is 0 Å². The van der Waals surface area contributed by atoms with Gasteiger partial charge in [-0.25, -0.2) is 0 Å². The van der Waals surface area contributed by atoms with E-state index in [2.05, 4.69) is 54.7 Å². The van der Waals surface area contributed by atoms with Gasteiger partial charge in [-0.05, 0) is 42.0 Å². The van der Waals surface area contributed by atoms with Crippen molar-refractivity contribution in [2.75, 3.05) is 12.4 Å². The van der Waals surface area contributed by atoms with Crippen LogP contribution in [0.4, 0.5) is 5.69 Å². The number of aryl methyl sites for hydroxylation is 1. The number of rotatable bonds is 3. The number of hydrogen-bond donors (Lipinski definition) is 1. The van der Waals surface area contributed by atoms with Gasteiger partial charge in [-0.15, -0.1) is 0 Å². The van der Waals surface area contributed by atoms with E-state index in [1.165, 1.54) is 29.5 Å². The quantitative estimate of drug-likeness (QED) is 0.662. The summed E-state index contributed by atoms with van der Waals surface area (Å²) in [5, 5.41) is 3.75. The molecular weight excluding hydrogens is 310 g/mol. The molecule has 3 atom stereocenters. The van der Waals surface area contributed by atoms with Gasteiger partial charge in [-0.1, -0.05) is 54.1 Å². The lowest BCUT2D eigenvalue weighted by atomic mass is 9.76. The zero-order valence-corrected chi connectivity index (χ0v) is 14.7. The van der Waals surface area contributed by atoms with E-state index in [1.54, 1.807) is 0 Å². The molecule has 3 heteroatoms. The van der Waals surface area contributed by atoms with Crippen LogP contribution < -0.4 is 5.32 Å². The minimum atomic E-state index is -0.201. The lowest BCUT2D eigenvalue weighted by Gasteiger charge is -2.37. The highest BCUT2D eigenvalue weighted by molar-refractivity contribution is 5.72. The minimum Gasteiger partial charge on any atom is -0.469 e. The van der Waals surface area contributed by atoms with Crippen molar-refractivity contribution in [1.82, 2.24) is 0 Å². The van der Waals surface area contributed by atoms with Crippen LogP contribution in [-0.2, 0) is 16.0 Å². The summed E-state index contributed by atoms with van der Waals surface area (Å²) in [4.78, 5) is 11.4. The number of nitrogens with one attached hydrogen (secondary N) is 1. The maximum Gasteiger partial charge on any atom is 0.309 e. The van der Waals surface area contributed by atoms with Gasteiger partial charge < -0.3 is 10.1 Å². The fraction of sp³-hybridized carbons (Fsp3) is 0.318. The van der Waals surface area contributed by atoms with Crippen LogP contribution in [0.3, 0.4) is 0 Å². The molecule has 1 heterocycles. The SMILES string of the molecule is COC(=O)Cc1ccc(C2Nc3ccc(C)cc3C3C=CCC32)cc1. The van der Waals surface area contributed by atoms with Crippen molar-refractivity contribution in [3.63, 3.8) is 0 Å². The molecular formula is C22H23NO2. The van der Waals surface area contributed by atoms with Crippen molar-refractivity contribution in [2.45, 2.75) is 31.7 Å². The zero-order valence-electron chi connectivity index (χ0n) is 14.7. The fourth-order valence-corrected chi connectivity index (χ4v) is 4.13. The van der Waals surface area contributed by atoms with E-state index in [1.807, 2.05) is 12.1 Å². The number of hydrogen-bond acceptors (Lipinski definition) is 3. The van der Waals surface area contributed by atoms with Gasteiger partial charge in [-0.2, -0.15) is 0 Å². The van der Waals surface area contributed by atoms with Crippen LogP contribution in [-0.4, -0.2) is 13.1 Å². The second-order valence-corrected chi connectivity index (χ2v) is 7.06. The molecule has 2 aliphatic rings. The van der Waals surface area contributed by atoms with E-state index < -0.39 is 0 Å². The number of fused-ring (bicyclic) bond motifs is 3. The number of carbonyl (C=O) groups is 1. The van der Waals surface area contributed by atoms with Crippen molar-refractivity contribution < 1.29 is 9.53 Å². The number of benzene rings is 2. The lowest BCUT2D eigenvalue weighted by Crippen LogP contribution is -2.29. The average molecular weight is 333 g/mol. The Bertz CT molecular complexity index is 822. The van der Waals surface area contributed by atoms with Gasteiger partial charge in [0, 0.05) is 11.6 Å². The highest BCUT2D eigenvalue weighted by Gasteiger charge is 2.37. The largest absolute Gasteiger partial charge is 0.469 e. The molecule has 0 amide bonds. The maximum absolute atomic E-state index is 11.4. The number of anilines is 1. The summed E-state index contributed by atoms with van der Waals surface area (Å²) in [6, 6.07) is 15.3. The second kappa shape index (κ2) is 6.40. The average Bonchev–Trinajstić information content (AvgIpc) is 3.12. The summed E-state index contributed by atoms with van der Waals surface area (Å²) >= 11 is 0. The number of methoxy groups -OCH3 is 1. The Morgan fingerprint density at radius 2 is 2.00 bits per heavy atom. The molecule has 4 rings (SSSR count). The summed E-state index contributed by atoms with van der Waals surface area (Å²) in [6.45, 7) is 2.15. The predicted octanol–water partition coefficient (Wildman–Crippen LogP) is 4.54. The molecule has 0 aromatic heterocycles. The van der Waals surface area contributed by atoms with Crippen LogP contribution in [0, 0.1) is 12.8 Å². The first kappa shape index (κ1) is 15.9. The van der Waals surface area contributed by atoms with Crippen LogP contribution in [0.1, 0.15) is 40.6 Å². The first-order valence-electron chi connectivity index (χ1n) is 8.85. The number of allylic oxidation sites excluding steroid dienone is 2. The molecule has 0 bridgehead atoms. The third-order valence-corrected chi connectivity index (χ3v) is 5.43. The Morgan fingerprint density at radius 1 is 1.20 bits per heavy atom. The molecule has 0 spiro atoms. The van der Waals surface area contributed by atoms with Gasteiger partial charge in [0.25, 0.3) is 0 Å². The van der Waals surface area contributed by atoms with E-state index >= 15 is 0 Å². The minimum absolute atomic E-state index is 0.201. The van der Waals surface area contributed by atoms with E-state index in [4.69, 9.17) is 4.74 Å². The monoisotopic (exact) mass is 333 g/mol. The Kier molecular flexibility index (Phi) is 4.08. The fourth-order valence-electron chi connectivity index (χ4n) is 4.13. The molecule has 2 aromatic rings. The molecule has 0 saturated carbocycles. The van der Waals surface area contributed by atoms with Gasteiger partial charge in [0.05, 0.1) is 19.6 Å². The van der Waals surface area contributed by atoms with Gasteiger partial charge in [0.1, 0.15) is 0 Å². The highest BCUT2D eigenvalue weighted by atomic mass is 16.5. The summed E-state index contributed by atoms with van der Waals surface area (Å²) in [5.74, 6) is 0.824. The molecule has 1 aliphatic carbocycles. The molecule has 0 fully saturated rings. The van der Waals surface area contributed by atoms with Crippen molar-refractivity contribution in [3.8, 4) is 0 Å². The van der Waals surface area contributed by atoms with Crippen LogP contribution in [0.2, 0.25) is 0 Å². The van der Waals surface area contributed by atoms with E-state index in [-0.39, 0.29) is 5.97 Å². The Balaban J connectivity index is 1.63. The molecule has 1 N–H and O–H groups in total. The van der Waals surface area contributed by atoms with Crippen LogP contribution in [0.5, 0.6) is 0 Å². The zero-order chi connectivity index (χ0) is 17.4. The predicted molar refractivity (Wildman–Crippen MR) is 99.7 cm³/mol. The normalized spacial score (nSPS) is 23.5. The van der Waals surface area contributed by atoms with Crippen molar-refractivity contribution in [3.05, 3.63) is 76.9 Å². The summed E-state index contributed by atoms with van der Waals surface area (Å²) in [5.41, 5.74) is 6.23. The van der Waals surface area contributed by atoms with E-state index in [9.17, 15) is 4.79 Å². The van der Waals surface area contributed by atoms with Crippen LogP contribution in [0.15, 0.2) is 54.6 Å². The Labute approximate surface area is 148 Å². The van der Waals surface area contributed by atoms with Crippen LogP contribution >= 0.6 is 0 Å². The molecule has 1 aliphatic heterocycles. The third kappa shape index (κ3) is 2.95. The molecule has 128 valence electrons. The molecule has 0 saturated heterocycles. The van der Waals surface area contributed by atoms with E-state index in [0.29, 0.717) is 24.3 Å². The van der Waals surface area contributed by atoms with Gasteiger partial charge in [0.15, 0.2) is 0 Å². The number of carbonyl (C=O) groups excluding carboxylic acids is 1. The topological polar surface area (TPSA) is 38.3 Å². The van der Waals surface area contributed by atoms with E-state index in [0.717, 1.165) is 12.0 Å². The number of esters is 1. The number of ether oxygens (including phenoxy) is 1. The van der Waals surface area contributed by atoms with Gasteiger partial charge >= 0.3 is 5.97 Å². The molecule has 0 radical (unpaired) electrons. The van der Waals surface area contributed by atoms with Crippen molar-refractivity contribution in [1.29, 1.82) is 0 Å². The van der Waals surface area contributed by atoms with Gasteiger partial charge in [-0.3, -0.25) is 4.79 Å². The molecule has 25 heavy (non-hydrogen) atoms.